The van der Waals surface area contributed by atoms with Crippen molar-refractivity contribution >= 4 is 16.9 Å². The van der Waals surface area contributed by atoms with Crippen LogP contribution in [0.25, 0.3) is 11.0 Å². The standard InChI is InChI=1S/C18H18FN3O2/c1-11(16(23)7-12-5-3-2-4-6-12)22-18(24)14-8-13(19)9-15-17(14)21-10-20-15/h2-6,8-11,16,23H,7H2,1H3,(H,20,21)(H,22,24). The van der Waals surface area contributed by atoms with Gasteiger partial charge < -0.3 is 15.4 Å². The van der Waals surface area contributed by atoms with Crippen LogP contribution in [0.4, 0.5) is 4.39 Å². The van der Waals surface area contributed by atoms with Crippen molar-refractivity contribution in [3.05, 3.63) is 65.7 Å². The molecule has 6 heteroatoms. The summed E-state index contributed by atoms with van der Waals surface area (Å²) in [6, 6.07) is 11.5. The number of aromatic nitrogens is 2. The Morgan fingerprint density at radius 1 is 1.33 bits per heavy atom. The lowest BCUT2D eigenvalue weighted by Gasteiger charge is -2.20. The maximum Gasteiger partial charge on any atom is 0.253 e. The van der Waals surface area contributed by atoms with Gasteiger partial charge in [-0.05, 0) is 24.6 Å². The number of aliphatic hydroxyl groups is 1. The molecule has 3 rings (SSSR count). The summed E-state index contributed by atoms with van der Waals surface area (Å²) in [6.07, 6.45) is 1.08. The fraction of sp³-hybridized carbons (Fsp3) is 0.222. The van der Waals surface area contributed by atoms with E-state index in [0.717, 1.165) is 11.6 Å². The summed E-state index contributed by atoms with van der Waals surface area (Å²) in [5.41, 5.74) is 1.98. The average Bonchev–Trinajstić information content (AvgIpc) is 3.03. The maximum absolute atomic E-state index is 13.6. The van der Waals surface area contributed by atoms with E-state index in [0.29, 0.717) is 17.5 Å². The Labute approximate surface area is 138 Å². The largest absolute Gasteiger partial charge is 0.391 e. The molecule has 0 fully saturated rings. The molecule has 0 aliphatic rings. The molecule has 2 atom stereocenters. The first-order valence-corrected chi connectivity index (χ1v) is 7.70. The minimum absolute atomic E-state index is 0.144. The van der Waals surface area contributed by atoms with Crippen LogP contribution in [0.15, 0.2) is 48.8 Å². The molecule has 2 aromatic carbocycles. The van der Waals surface area contributed by atoms with E-state index in [1.807, 2.05) is 30.3 Å². The molecule has 0 saturated heterocycles. The summed E-state index contributed by atoms with van der Waals surface area (Å²) in [6.45, 7) is 1.71. The molecule has 124 valence electrons. The predicted molar refractivity (Wildman–Crippen MR) is 89.1 cm³/mol. The van der Waals surface area contributed by atoms with E-state index in [4.69, 9.17) is 0 Å². The molecular weight excluding hydrogens is 309 g/mol. The van der Waals surface area contributed by atoms with Crippen molar-refractivity contribution in [3.63, 3.8) is 0 Å². The van der Waals surface area contributed by atoms with Gasteiger partial charge in [-0.3, -0.25) is 4.79 Å². The zero-order chi connectivity index (χ0) is 17.1. The van der Waals surface area contributed by atoms with E-state index in [2.05, 4.69) is 15.3 Å². The average molecular weight is 327 g/mol. The van der Waals surface area contributed by atoms with Gasteiger partial charge in [0.25, 0.3) is 5.91 Å². The van der Waals surface area contributed by atoms with Crippen LogP contribution < -0.4 is 5.32 Å². The summed E-state index contributed by atoms with van der Waals surface area (Å²) in [5.74, 6) is -0.986. The highest BCUT2D eigenvalue weighted by Crippen LogP contribution is 2.17. The fourth-order valence-corrected chi connectivity index (χ4v) is 2.60. The van der Waals surface area contributed by atoms with Crippen LogP contribution in [0, 0.1) is 5.82 Å². The van der Waals surface area contributed by atoms with Crippen molar-refractivity contribution in [2.24, 2.45) is 0 Å². The molecule has 0 spiro atoms. The maximum atomic E-state index is 13.6. The lowest BCUT2D eigenvalue weighted by atomic mass is 10.0. The Morgan fingerprint density at radius 3 is 2.83 bits per heavy atom. The first-order chi connectivity index (χ1) is 11.5. The van der Waals surface area contributed by atoms with Gasteiger partial charge in [-0.1, -0.05) is 30.3 Å². The molecule has 3 N–H and O–H groups in total. The number of rotatable bonds is 5. The number of amides is 1. The third-order valence-electron chi connectivity index (χ3n) is 3.96. The smallest absolute Gasteiger partial charge is 0.253 e. The monoisotopic (exact) mass is 327 g/mol. The minimum atomic E-state index is -0.750. The van der Waals surface area contributed by atoms with Gasteiger partial charge in [0.1, 0.15) is 11.3 Å². The normalized spacial score (nSPS) is 13.6. The fourth-order valence-electron chi connectivity index (χ4n) is 2.60. The quantitative estimate of drug-likeness (QED) is 0.673. The number of imidazole rings is 1. The minimum Gasteiger partial charge on any atom is -0.391 e. The molecular formula is C18H18FN3O2. The molecule has 24 heavy (non-hydrogen) atoms. The van der Waals surface area contributed by atoms with Crippen molar-refractivity contribution in [3.8, 4) is 0 Å². The second-order valence-electron chi connectivity index (χ2n) is 5.77. The molecule has 0 bridgehead atoms. The number of hydrogen-bond donors (Lipinski definition) is 3. The molecule has 1 amide bonds. The zero-order valence-electron chi connectivity index (χ0n) is 13.2. The SMILES string of the molecule is CC(NC(=O)c1cc(F)cc2[nH]cnc12)C(O)Cc1ccccc1. The third-order valence-corrected chi connectivity index (χ3v) is 3.96. The molecule has 5 nitrogen and oxygen atoms in total. The van der Waals surface area contributed by atoms with Crippen LogP contribution in [0.3, 0.4) is 0 Å². The number of nitrogens with zero attached hydrogens (tertiary/aromatic N) is 1. The first-order valence-electron chi connectivity index (χ1n) is 7.70. The lowest BCUT2D eigenvalue weighted by molar-refractivity contribution is 0.0853. The number of benzene rings is 2. The molecule has 0 saturated carbocycles. The third kappa shape index (κ3) is 3.44. The molecule has 2 unspecified atom stereocenters. The summed E-state index contributed by atoms with van der Waals surface area (Å²) < 4.78 is 13.6. The zero-order valence-corrected chi connectivity index (χ0v) is 13.2. The summed E-state index contributed by atoms with van der Waals surface area (Å²) in [7, 11) is 0. The summed E-state index contributed by atoms with van der Waals surface area (Å²) in [5, 5.41) is 13.0. The van der Waals surface area contributed by atoms with E-state index in [1.54, 1.807) is 6.92 Å². The topological polar surface area (TPSA) is 78.0 Å². The van der Waals surface area contributed by atoms with Gasteiger partial charge in [-0.25, -0.2) is 9.37 Å². The Bertz CT molecular complexity index is 848. The molecule has 1 heterocycles. The van der Waals surface area contributed by atoms with Gasteiger partial charge >= 0.3 is 0 Å². The van der Waals surface area contributed by atoms with E-state index in [1.165, 1.54) is 12.4 Å². The highest BCUT2D eigenvalue weighted by molar-refractivity contribution is 6.04. The molecule has 3 aromatic rings. The van der Waals surface area contributed by atoms with Crippen LogP contribution in [0.5, 0.6) is 0 Å². The van der Waals surface area contributed by atoms with Crippen molar-refractivity contribution < 1.29 is 14.3 Å². The predicted octanol–water partition coefficient (Wildman–Crippen LogP) is 2.42. The Balaban J connectivity index is 1.72. The van der Waals surface area contributed by atoms with Crippen LogP contribution in [0.1, 0.15) is 22.8 Å². The number of hydrogen-bond acceptors (Lipinski definition) is 3. The van der Waals surface area contributed by atoms with Crippen LogP contribution in [0.2, 0.25) is 0 Å². The molecule has 0 radical (unpaired) electrons. The Hall–Kier alpha value is -2.73. The number of aromatic amines is 1. The summed E-state index contributed by atoms with van der Waals surface area (Å²) >= 11 is 0. The van der Waals surface area contributed by atoms with Gasteiger partial charge in [0.05, 0.1) is 29.6 Å². The van der Waals surface area contributed by atoms with Crippen LogP contribution in [-0.4, -0.2) is 33.1 Å². The van der Waals surface area contributed by atoms with Crippen molar-refractivity contribution in [2.75, 3.05) is 0 Å². The van der Waals surface area contributed by atoms with Crippen LogP contribution in [-0.2, 0) is 6.42 Å². The van der Waals surface area contributed by atoms with Gasteiger partial charge in [-0.2, -0.15) is 0 Å². The van der Waals surface area contributed by atoms with Crippen molar-refractivity contribution in [1.82, 2.24) is 15.3 Å². The first kappa shape index (κ1) is 16.1. The number of H-pyrrole nitrogens is 1. The van der Waals surface area contributed by atoms with E-state index in [9.17, 15) is 14.3 Å². The number of carbonyl (C=O) groups excluding carboxylic acids is 1. The van der Waals surface area contributed by atoms with Gasteiger partial charge in [0.2, 0.25) is 0 Å². The Kier molecular flexibility index (Phi) is 4.57. The molecule has 0 aliphatic heterocycles. The lowest BCUT2D eigenvalue weighted by Crippen LogP contribution is -2.42. The number of aliphatic hydroxyl groups excluding tert-OH is 1. The van der Waals surface area contributed by atoms with E-state index >= 15 is 0 Å². The van der Waals surface area contributed by atoms with Crippen molar-refractivity contribution in [2.45, 2.75) is 25.5 Å². The van der Waals surface area contributed by atoms with E-state index in [-0.39, 0.29) is 5.56 Å². The number of halogens is 1. The number of carbonyl (C=O) groups is 1. The summed E-state index contributed by atoms with van der Waals surface area (Å²) in [4.78, 5) is 19.3. The van der Waals surface area contributed by atoms with Crippen LogP contribution >= 0.6 is 0 Å². The number of fused-ring (bicyclic) bond motifs is 1. The van der Waals surface area contributed by atoms with Gasteiger partial charge in [0, 0.05) is 6.42 Å². The highest BCUT2D eigenvalue weighted by Gasteiger charge is 2.20. The highest BCUT2D eigenvalue weighted by atomic mass is 19.1. The second kappa shape index (κ2) is 6.80. The number of nitrogens with one attached hydrogen (secondary N) is 2. The van der Waals surface area contributed by atoms with Gasteiger partial charge in [0.15, 0.2) is 0 Å². The molecule has 0 aliphatic carbocycles. The van der Waals surface area contributed by atoms with Crippen molar-refractivity contribution in [1.29, 1.82) is 0 Å². The molecule has 1 aromatic heterocycles. The Morgan fingerprint density at radius 2 is 2.08 bits per heavy atom. The van der Waals surface area contributed by atoms with Gasteiger partial charge in [-0.15, -0.1) is 0 Å². The second-order valence-corrected chi connectivity index (χ2v) is 5.77. The van der Waals surface area contributed by atoms with E-state index < -0.39 is 23.9 Å².